The van der Waals surface area contributed by atoms with Crippen molar-refractivity contribution in [2.24, 2.45) is 5.92 Å². The highest BCUT2D eigenvalue weighted by molar-refractivity contribution is 7.79. The second-order valence-electron chi connectivity index (χ2n) is 5.68. The van der Waals surface area contributed by atoms with Crippen molar-refractivity contribution in [3.8, 4) is 0 Å². The molecule has 0 saturated carbocycles. The fourth-order valence-corrected chi connectivity index (χ4v) is 4.18. The Kier molecular flexibility index (Phi) is 6.17. The quantitative estimate of drug-likeness (QED) is 0.804. The summed E-state index contributed by atoms with van der Waals surface area (Å²) in [4.78, 5) is 8.81. The third-order valence-electron chi connectivity index (χ3n) is 3.84. The molecular formula is C15H26N2S2. The minimum atomic E-state index is 0.841. The number of rotatable bonds is 6. The highest BCUT2D eigenvalue weighted by atomic mass is 32.1. The molecule has 2 nitrogen and oxygen atoms in total. The van der Waals surface area contributed by atoms with E-state index in [2.05, 4.69) is 31.4 Å². The Morgan fingerprint density at radius 3 is 2.95 bits per heavy atom. The monoisotopic (exact) mass is 298 g/mol. The molecule has 108 valence electrons. The number of hydrogen-bond donors (Lipinski definition) is 1. The number of hydrogen-bond acceptors (Lipinski definition) is 4. The number of aryl methyl sites for hydroxylation is 1. The molecule has 4 heteroatoms. The van der Waals surface area contributed by atoms with Gasteiger partial charge >= 0.3 is 0 Å². The Morgan fingerprint density at radius 1 is 1.42 bits per heavy atom. The van der Waals surface area contributed by atoms with Crippen molar-refractivity contribution in [1.29, 1.82) is 0 Å². The summed E-state index contributed by atoms with van der Waals surface area (Å²) in [7, 11) is 0. The van der Waals surface area contributed by atoms with Crippen LogP contribution < -0.4 is 0 Å². The summed E-state index contributed by atoms with van der Waals surface area (Å²) in [6.07, 6.45) is 6.16. The Balaban J connectivity index is 1.88. The van der Waals surface area contributed by atoms with Gasteiger partial charge in [-0.05, 0) is 31.7 Å². The lowest BCUT2D eigenvalue weighted by Crippen LogP contribution is -2.35. The van der Waals surface area contributed by atoms with Gasteiger partial charge in [0.2, 0.25) is 0 Å². The average Bonchev–Trinajstić information content (AvgIpc) is 2.79. The van der Waals surface area contributed by atoms with Crippen LogP contribution in [0, 0.1) is 5.92 Å². The van der Waals surface area contributed by atoms with Crippen molar-refractivity contribution in [1.82, 2.24) is 9.88 Å². The van der Waals surface area contributed by atoms with Crippen LogP contribution in [-0.4, -0.2) is 29.5 Å². The molecule has 1 unspecified atom stereocenters. The molecule has 1 atom stereocenters. The van der Waals surface area contributed by atoms with Gasteiger partial charge in [0.1, 0.15) is 0 Å². The van der Waals surface area contributed by atoms with Crippen molar-refractivity contribution in [2.75, 3.05) is 19.6 Å². The molecule has 1 saturated heterocycles. The van der Waals surface area contributed by atoms with Crippen molar-refractivity contribution >= 4 is 24.0 Å². The molecule has 19 heavy (non-hydrogen) atoms. The first-order valence-corrected chi connectivity index (χ1v) is 8.98. The summed E-state index contributed by atoms with van der Waals surface area (Å²) in [5.41, 5.74) is 1.30. The van der Waals surface area contributed by atoms with Crippen LogP contribution in [0.15, 0.2) is 0 Å². The lowest BCUT2D eigenvalue weighted by Gasteiger charge is -2.30. The molecule has 2 heterocycles. The Morgan fingerprint density at radius 2 is 2.26 bits per heavy atom. The summed E-state index contributed by atoms with van der Waals surface area (Å²) in [6.45, 7) is 8.31. The Labute approximate surface area is 127 Å². The van der Waals surface area contributed by atoms with Gasteiger partial charge < -0.3 is 4.90 Å². The first-order chi connectivity index (χ1) is 9.22. The van der Waals surface area contributed by atoms with E-state index >= 15 is 0 Å². The molecule has 1 fully saturated rings. The zero-order valence-corrected chi connectivity index (χ0v) is 13.9. The first kappa shape index (κ1) is 15.3. The molecule has 0 aromatic carbocycles. The van der Waals surface area contributed by atoms with Crippen LogP contribution in [-0.2, 0) is 18.6 Å². The molecule has 1 aromatic heterocycles. The van der Waals surface area contributed by atoms with Crippen molar-refractivity contribution in [3.63, 3.8) is 0 Å². The third kappa shape index (κ3) is 4.47. The van der Waals surface area contributed by atoms with Gasteiger partial charge in [-0.15, -0.1) is 11.3 Å². The summed E-state index contributed by atoms with van der Waals surface area (Å²) in [5, 5.41) is 1.31. The van der Waals surface area contributed by atoms with Crippen LogP contribution in [0.25, 0.3) is 0 Å². The largest absolute Gasteiger partial charge is 0.303 e. The van der Waals surface area contributed by atoms with Crippen molar-refractivity contribution < 1.29 is 0 Å². The zero-order chi connectivity index (χ0) is 13.7. The fraction of sp³-hybridized carbons (Fsp3) is 0.800. The third-order valence-corrected chi connectivity index (χ3v) is 5.52. The van der Waals surface area contributed by atoms with Gasteiger partial charge in [-0.25, -0.2) is 4.98 Å². The number of likely N-dealkylation sites (tertiary alicyclic amines) is 1. The molecular weight excluding hydrogens is 272 g/mol. The second-order valence-corrected chi connectivity index (χ2v) is 7.17. The zero-order valence-electron chi connectivity index (χ0n) is 12.2. The number of aromatic nitrogens is 1. The number of thiazole rings is 1. The van der Waals surface area contributed by atoms with E-state index in [0.717, 1.165) is 24.5 Å². The van der Waals surface area contributed by atoms with E-state index in [4.69, 9.17) is 4.98 Å². The molecule has 0 N–H and O–H groups in total. The molecule has 0 amide bonds. The van der Waals surface area contributed by atoms with Crippen LogP contribution in [0.4, 0.5) is 0 Å². The molecule has 0 radical (unpaired) electrons. The Bertz CT molecular complexity index is 389. The van der Waals surface area contributed by atoms with E-state index < -0.39 is 0 Å². The highest BCUT2D eigenvalue weighted by Crippen LogP contribution is 2.23. The van der Waals surface area contributed by atoms with E-state index in [1.54, 1.807) is 0 Å². The lowest BCUT2D eigenvalue weighted by atomic mass is 10.0. The van der Waals surface area contributed by atoms with Crippen LogP contribution in [0.1, 0.15) is 48.7 Å². The van der Waals surface area contributed by atoms with Crippen LogP contribution in [0.3, 0.4) is 0 Å². The van der Waals surface area contributed by atoms with Crippen molar-refractivity contribution in [2.45, 2.75) is 51.7 Å². The summed E-state index contributed by atoms with van der Waals surface area (Å²) >= 11 is 6.30. The van der Waals surface area contributed by atoms with Gasteiger partial charge in [0.15, 0.2) is 0 Å². The average molecular weight is 299 g/mol. The van der Waals surface area contributed by atoms with E-state index in [0.29, 0.717) is 0 Å². The maximum Gasteiger partial charge on any atom is 0.0944 e. The lowest BCUT2D eigenvalue weighted by molar-refractivity contribution is 0.186. The SMILES string of the molecule is CCCc1nc(CCN2CCCC(C)C2)sc1CS. The summed E-state index contributed by atoms with van der Waals surface area (Å²) < 4.78 is 0. The van der Waals surface area contributed by atoms with Gasteiger partial charge in [0, 0.05) is 30.1 Å². The number of piperidine rings is 1. The van der Waals surface area contributed by atoms with Gasteiger partial charge in [0.05, 0.1) is 10.7 Å². The standard InChI is InChI=1S/C15H26N2S2/c1-3-5-13-14(11-18)19-15(16-13)7-9-17-8-4-6-12(2)10-17/h12,18H,3-11H2,1-2H3. The van der Waals surface area contributed by atoms with Gasteiger partial charge in [0.25, 0.3) is 0 Å². The molecule has 1 aromatic rings. The predicted molar refractivity (Wildman–Crippen MR) is 87.3 cm³/mol. The molecule has 0 bridgehead atoms. The van der Waals surface area contributed by atoms with Crippen molar-refractivity contribution in [3.05, 3.63) is 15.6 Å². The van der Waals surface area contributed by atoms with Crippen LogP contribution in [0.2, 0.25) is 0 Å². The van der Waals surface area contributed by atoms with E-state index in [1.807, 2.05) is 11.3 Å². The molecule has 0 aliphatic carbocycles. The maximum atomic E-state index is 4.82. The van der Waals surface area contributed by atoms with E-state index in [9.17, 15) is 0 Å². The smallest absolute Gasteiger partial charge is 0.0944 e. The fourth-order valence-electron chi connectivity index (χ4n) is 2.84. The normalized spacial score (nSPS) is 20.9. The second kappa shape index (κ2) is 7.65. The minimum Gasteiger partial charge on any atom is -0.303 e. The van der Waals surface area contributed by atoms with Gasteiger partial charge in [-0.2, -0.15) is 12.6 Å². The van der Waals surface area contributed by atoms with E-state index in [1.165, 1.54) is 54.5 Å². The number of nitrogens with zero attached hydrogens (tertiary/aromatic N) is 2. The molecule has 1 aliphatic heterocycles. The van der Waals surface area contributed by atoms with Gasteiger partial charge in [-0.3, -0.25) is 0 Å². The van der Waals surface area contributed by atoms with Gasteiger partial charge in [-0.1, -0.05) is 20.3 Å². The summed E-state index contributed by atoms with van der Waals surface area (Å²) in [5.74, 6) is 1.71. The minimum absolute atomic E-state index is 0.841. The topological polar surface area (TPSA) is 16.1 Å². The predicted octanol–water partition coefficient (Wildman–Crippen LogP) is 3.80. The number of thiol groups is 1. The molecule has 2 rings (SSSR count). The van der Waals surface area contributed by atoms with Crippen LogP contribution >= 0.6 is 24.0 Å². The van der Waals surface area contributed by atoms with Crippen LogP contribution in [0.5, 0.6) is 0 Å². The highest BCUT2D eigenvalue weighted by Gasteiger charge is 2.17. The molecule has 1 aliphatic rings. The summed E-state index contributed by atoms with van der Waals surface area (Å²) in [6, 6.07) is 0. The molecule has 0 spiro atoms. The maximum absolute atomic E-state index is 4.82. The Hall–Kier alpha value is -0.0600. The van der Waals surface area contributed by atoms with E-state index in [-0.39, 0.29) is 0 Å². The first-order valence-electron chi connectivity index (χ1n) is 7.53.